The maximum atomic E-state index is 12.3. The Labute approximate surface area is 159 Å². The van der Waals surface area contributed by atoms with E-state index < -0.39 is 0 Å². The summed E-state index contributed by atoms with van der Waals surface area (Å²) in [7, 11) is 0. The summed E-state index contributed by atoms with van der Waals surface area (Å²) in [5.41, 5.74) is 2.68. The van der Waals surface area contributed by atoms with Crippen LogP contribution >= 0.6 is 0 Å². The minimum Gasteiger partial charge on any atom is -0.393 e. The number of aromatic nitrogens is 2. The summed E-state index contributed by atoms with van der Waals surface area (Å²) in [6.07, 6.45) is 5.00. The summed E-state index contributed by atoms with van der Waals surface area (Å²) in [5, 5.41) is 15.7. The number of amides is 1. The van der Waals surface area contributed by atoms with Crippen molar-refractivity contribution in [1.82, 2.24) is 15.3 Å². The van der Waals surface area contributed by atoms with E-state index in [0.717, 1.165) is 50.0 Å². The molecule has 27 heavy (non-hydrogen) atoms. The average molecular weight is 366 g/mol. The number of aryl methyl sites for hydroxylation is 2. The van der Waals surface area contributed by atoms with E-state index in [-0.39, 0.29) is 12.0 Å². The Morgan fingerprint density at radius 2 is 1.96 bits per heavy atom. The molecular formula is C21H26N4O2. The van der Waals surface area contributed by atoms with Gasteiger partial charge >= 0.3 is 0 Å². The zero-order valence-electron chi connectivity index (χ0n) is 15.4. The van der Waals surface area contributed by atoms with E-state index in [1.54, 1.807) is 0 Å². The quantitative estimate of drug-likeness (QED) is 0.699. The number of fused-ring (bicyclic) bond motifs is 1. The lowest BCUT2D eigenvalue weighted by molar-refractivity contribution is 0.0408. The molecule has 142 valence electrons. The van der Waals surface area contributed by atoms with Gasteiger partial charge in [-0.2, -0.15) is 0 Å². The summed E-state index contributed by atoms with van der Waals surface area (Å²) in [6.45, 7) is 1.43. The van der Waals surface area contributed by atoms with Crippen LogP contribution < -0.4 is 10.6 Å². The van der Waals surface area contributed by atoms with Crippen LogP contribution in [0.25, 0.3) is 0 Å². The normalized spacial score (nSPS) is 21.1. The van der Waals surface area contributed by atoms with Gasteiger partial charge in [-0.1, -0.05) is 30.3 Å². The van der Waals surface area contributed by atoms with Crippen LogP contribution in [0.4, 0.5) is 5.82 Å². The van der Waals surface area contributed by atoms with Crippen LogP contribution in [0.3, 0.4) is 0 Å². The largest absolute Gasteiger partial charge is 0.393 e. The maximum absolute atomic E-state index is 12.3. The van der Waals surface area contributed by atoms with Gasteiger partial charge in [0.15, 0.2) is 0 Å². The van der Waals surface area contributed by atoms with Crippen molar-refractivity contribution in [2.45, 2.75) is 44.6 Å². The fourth-order valence-corrected chi connectivity index (χ4v) is 3.83. The molecule has 6 nitrogen and oxygen atoms in total. The van der Waals surface area contributed by atoms with Gasteiger partial charge in [0.1, 0.15) is 17.3 Å². The number of benzene rings is 1. The number of nitrogens with one attached hydrogen (secondary N) is 2. The Kier molecular flexibility index (Phi) is 5.34. The first kappa shape index (κ1) is 17.9. The van der Waals surface area contributed by atoms with E-state index in [9.17, 15) is 9.90 Å². The first-order valence-electron chi connectivity index (χ1n) is 9.83. The second-order valence-corrected chi connectivity index (χ2v) is 7.51. The summed E-state index contributed by atoms with van der Waals surface area (Å²) >= 11 is 0. The molecule has 1 aromatic heterocycles. The molecule has 0 spiro atoms. The molecule has 1 aliphatic carbocycles. The van der Waals surface area contributed by atoms with Gasteiger partial charge < -0.3 is 15.7 Å². The van der Waals surface area contributed by atoms with Gasteiger partial charge in [0.2, 0.25) is 0 Å². The van der Waals surface area contributed by atoms with Crippen molar-refractivity contribution in [3.05, 3.63) is 53.0 Å². The highest BCUT2D eigenvalue weighted by atomic mass is 16.3. The molecule has 1 aliphatic heterocycles. The van der Waals surface area contributed by atoms with Gasteiger partial charge in [-0.3, -0.25) is 4.79 Å². The molecule has 0 radical (unpaired) electrons. The molecular weight excluding hydrogens is 340 g/mol. The zero-order valence-corrected chi connectivity index (χ0v) is 15.4. The third-order valence-corrected chi connectivity index (χ3v) is 5.47. The van der Waals surface area contributed by atoms with E-state index in [4.69, 9.17) is 4.98 Å². The summed E-state index contributed by atoms with van der Waals surface area (Å²) < 4.78 is 0. The minimum atomic E-state index is -0.116. The Morgan fingerprint density at radius 1 is 1.15 bits per heavy atom. The van der Waals surface area contributed by atoms with Crippen LogP contribution in [0.15, 0.2) is 30.3 Å². The molecule has 2 aromatic rings. The molecule has 6 heteroatoms. The molecule has 1 saturated carbocycles. The average Bonchev–Trinajstić information content (AvgIpc) is 2.66. The second-order valence-electron chi connectivity index (χ2n) is 7.51. The van der Waals surface area contributed by atoms with Crippen LogP contribution in [0.1, 0.15) is 46.7 Å². The molecule has 3 N–H and O–H groups in total. The lowest BCUT2D eigenvalue weighted by atomic mass is 9.80. The predicted octanol–water partition coefficient (Wildman–Crippen LogP) is 2.12. The van der Waals surface area contributed by atoms with E-state index in [1.165, 1.54) is 5.56 Å². The number of carbonyl (C=O) groups is 1. The molecule has 2 aliphatic rings. The van der Waals surface area contributed by atoms with Gasteiger partial charge in [-0.05, 0) is 43.6 Å². The first-order chi connectivity index (χ1) is 13.2. The number of aliphatic hydroxyl groups is 1. The maximum Gasteiger partial charge on any atom is 0.270 e. The third-order valence-electron chi connectivity index (χ3n) is 5.47. The van der Waals surface area contributed by atoms with Crippen molar-refractivity contribution in [1.29, 1.82) is 0 Å². The number of aliphatic hydroxyl groups excluding tert-OH is 1. The van der Waals surface area contributed by atoms with Gasteiger partial charge in [-0.25, -0.2) is 9.97 Å². The van der Waals surface area contributed by atoms with E-state index >= 15 is 0 Å². The number of carbonyl (C=O) groups excluding carboxylic acids is 1. The first-order valence-corrected chi connectivity index (χ1v) is 9.83. The van der Waals surface area contributed by atoms with Crippen LogP contribution in [0.5, 0.6) is 0 Å². The standard InChI is InChI=1S/C21H26N4O2/c26-16-12-15(13-16)8-10-22-20-17-9-11-23-21(27)19(17)24-18(25-20)7-6-14-4-2-1-3-5-14/h1-5,15-16,26H,6-13H2,(H,23,27)(H,22,24,25). The van der Waals surface area contributed by atoms with Crippen molar-refractivity contribution in [3.63, 3.8) is 0 Å². The molecule has 0 bridgehead atoms. The topological polar surface area (TPSA) is 87.1 Å². The number of hydrogen-bond acceptors (Lipinski definition) is 5. The summed E-state index contributed by atoms with van der Waals surface area (Å²) in [4.78, 5) is 21.6. The second kappa shape index (κ2) is 8.05. The number of hydrogen-bond donors (Lipinski definition) is 3. The smallest absolute Gasteiger partial charge is 0.270 e. The van der Waals surface area contributed by atoms with Crippen molar-refractivity contribution >= 4 is 11.7 Å². The molecule has 0 atom stereocenters. The molecule has 1 aromatic carbocycles. The number of rotatable bonds is 7. The van der Waals surface area contributed by atoms with Gasteiger partial charge in [0.25, 0.3) is 5.91 Å². The highest BCUT2D eigenvalue weighted by molar-refractivity contribution is 5.96. The van der Waals surface area contributed by atoms with E-state index in [1.807, 2.05) is 18.2 Å². The predicted molar refractivity (Wildman–Crippen MR) is 104 cm³/mol. The molecule has 0 saturated heterocycles. The third kappa shape index (κ3) is 4.27. The fraction of sp³-hybridized carbons (Fsp3) is 0.476. The molecule has 2 heterocycles. The van der Waals surface area contributed by atoms with Crippen LogP contribution in [-0.2, 0) is 19.3 Å². The Balaban J connectivity index is 1.47. The van der Waals surface area contributed by atoms with Crippen molar-refractivity contribution in [2.75, 3.05) is 18.4 Å². The van der Waals surface area contributed by atoms with E-state index in [2.05, 4.69) is 27.8 Å². The van der Waals surface area contributed by atoms with Crippen molar-refractivity contribution in [3.8, 4) is 0 Å². The van der Waals surface area contributed by atoms with Crippen LogP contribution in [0.2, 0.25) is 0 Å². The summed E-state index contributed by atoms with van der Waals surface area (Å²) in [5.74, 6) is 1.99. The van der Waals surface area contributed by atoms with Crippen molar-refractivity contribution in [2.24, 2.45) is 5.92 Å². The van der Waals surface area contributed by atoms with Gasteiger partial charge in [-0.15, -0.1) is 0 Å². The van der Waals surface area contributed by atoms with E-state index in [0.29, 0.717) is 30.4 Å². The minimum absolute atomic E-state index is 0.107. The summed E-state index contributed by atoms with van der Waals surface area (Å²) in [6, 6.07) is 10.3. The lowest BCUT2D eigenvalue weighted by Crippen LogP contribution is -2.34. The van der Waals surface area contributed by atoms with Crippen molar-refractivity contribution < 1.29 is 9.90 Å². The monoisotopic (exact) mass is 366 g/mol. The zero-order chi connectivity index (χ0) is 18.6. The van der Waals surface area contributed by atoms with Gasteiger partial charge in [0, 0.05) is 25.1 Å². The molecule has 1 fully saturated rings. The number of anilines is 1. The highest BCUT2D eigenvalue weighted by Crippen LogP contribution is 2.30. The van der Waals surface area contributed by atoms with Gasteiger partial charge in [0.05, 0.1) is 6.10 Å². The molecule has 4 rings (SSSR count). The Bertz CT molecular complexity index is 803. The lowest BCUT2D eigenvalue weighted by Gasteiger charge is -2.31. The van der Waals surface area contributed by atoms with Crippen LogP contribution in [-0.4, -0.2) is 40.2 Å². The molecule has 1 amide bonds. The fourth-order valence-electron chi connectivity index (χ4n) is 3.83. The SMILES string of the molecule is O=C1NCCc2c(NCCC3CC(O)C3)nc(CCc3ccccc3)nc21. The highest BCUT2D eigenvalue weighted by Gasteiger charge is 2.27. The van der Waals surface area contributed by atoms with Crippen LogP contribution in [0, 0.1) is 5.92 Å². The Morgan fingerprint density at radius 3 is 2.74 bits per heavy atom. The molecule has 0 unspecified atom stereocenters. The number of nitrogens with zero attached hydrogens (tertiary/aromatic N) is 2. The Hall–Kier alpha value is -2.47.